The van der Waals surface area contributed by atoms with E-state index in [2.05, 4.69) is 60.6 Å². The molecule has 0 spiro atoms. The zero-order chi connectivity index (χ0) is 14.1. The van der Waals surface area contributed by atoms with E-state index in [1.807, 2.05) is 11.6 Å². The molecule has 20 heavy (non-hydrogen) atoms. The Hall–Kier alpha value is -2.13. The minimum absolute atomic E-state index is 0.151. The molecule has 0 aliphatic carbocycles. The number of aromatic nitrogens is 2. The molecule has 0 radical (unpaired) electrons. The van der Waals surface area contributed by atoms with Crippen molar-refractivity contribution in [2.75, 3.05) is 0 Å². The van der Waals surface area contributed by atoms with E-state index in [0.717, 1.165) is 23.5 Å². The molecule has 1 aromatic heterocycles. The minimum Gasteiger partial charge on any atom is -0.319 e. The van der Waals surface area contributed by atoms with Crippen molar-refractivity contribution in [2.24, 2.45) is 5.73 Å². The lowest BCUT2D eigenvalue weighted by Gasteiger charge is -2.16. The van der Waals surface area contributed by atoms with E-state index in [1.54, 1.807) is 0 Å². The average molecular weight is 265 g/mol. The lowest BCUT2D eigenvalue weighted by molar-refractivity contribution is 0.598. The molecule has 1 atom stereocenters. The fourth-order valence-electron chi connectivity index (χ4n) is 2.75. The largest absolute Gasteiger partial charge is 0.319 e. The number of rotatable bonds is 3. The highest BCUT2D eigenvalue weighted by Gasteiger charge is 2.16. The first-order valence-corrected chi connectivity index (χ1v) is 6.98. The Labute approximate surface area is 119 Å². The van der Waals surface area contributed by atoms with Crippen LogP contribution in [0, 0.1) is 6.92 Å². The molecule has 0 saturated carbocycles. The third-order valence-electron chi connectivity index (χ3n) is 3.71. The molecule has 0 aliphatic rings. The van der Waals surface area contributed by atoms with E-state index in [9.17, 15) is 0 Å². The van der Waals surface area contributed by atoms with Gasteiger partial charge in [0.05, 0.1) is 17.4 Å². The summed E-state index contributed by atoms with van der Waals surface area (Å²) in [4.78, 5) is 0. The van der Waals surface area contributed by atoms with Crippen LogP contribution in [0.4, 0.5) is 0 Å². The van der Waals surface area contributed by atoms with Crippen LogP contribution in [0.25, 0.3) is 10.8 Å². The van der Waals surface area contributed by atoms with Crippen LogP contribution in [0.5, 0.6) is 0 Å². The van der Waals surface area contributed by atoms with Crippen molar-refractivity contribution in [3.05, 3.63) is 65.5 Å². The SMILES string of the molecule is CCn1nc(C)cc1C(N)c1cccc2ccccc12. The van der Waals surface area contributed by atoms with Gasteiger partial charge in [0.2, 0.25) is 0 Å². The third-order valence-corrected chi connectivity index (χ3v) is 3.71. The summed E-state index contributed by atoms with van der Waals surface area (Å²) in [5.74, 6) is 0. The number of benzene rings is 2. The molecular formula is C17H19N3. The molecule has 3 nitrogen and oxygen atoms in total. The number of hydrogen-bond acceptors (Lipinski definition) is 2. The zero-order valence-corrected chi connectivity index (χ0v) is 11.9. The first-order chi connectivity index (χ1) is 9.70. The van der Waals surface area contributed by atoms with Crippen LogP contribution < -0.4 is 5.73 Å². The van der Waals surface area contributed by atoms with Gasteiger partial charge < -0.3 is 5.73 Å². The van der Waals surface area contributed by atoms with Gasteiger partial charge in [-0.15, -0.1) is 0 Å². The second-order valence-electron chi connectivity index (χ2n) is 5.07. The predicted octanol–water partition coefficient (Wildman–Crippen LogP) is 3.41. The number of hydrogen-bond donors (Lipinski definition) is 1. The molecule has 3 rings (SSSR count). The maximum atomic E-state index is 6.51. The van der Waals surface area contributed by atoms with Crippen LogP contribution in [0.2, 0.25) is 0 Å². The molecule has 2 aromatic carbocycles. The van der Waals surface area contributed by atoms with Crippen molar-refractivity contribution in [3.8, 4) is 0 Å². The highest BCUT2D eigenvalue weighted by atomic mass is 15.3. The van der Waals surface area contributed by atoms with E-state index in [0.29, 0.717) is 0 Å². The first kappa shape index (κ1) is 12.9. The number of nitrogens with two attached hydrogens (primary N) is 1. The van der Waals surface area contributed by atoms with Gasteiger partial charge in [0.1, 0.15) is 0 Å². The Kier molecular flexibility index (Phi) is 3.28. The Morgan fingerprint density at radius 2 is 1.90 bits per heavy atom. The van der Waals surface area contributed by atoms with Crippen LogP contribution in [-0.2, 0) is 6.54 Å². The van der Waals surface area contributed by atoms with Gasteiger partial charge in [-0.2, -0.15) is 5.10 Å². The van der Waals surface area contributed by atoms with Crippen LogP contribution >= 0.6 is 0 Å². The fourth-order valence-corrected chi connectivity index (χ4v) is 2.75. The van der Waals surface area contributed by atoms with Crippen molar-refractivity contribution in [3.63, 3.8) is 0 Å². The quantitative estimate of drug-likeness (QED) is 0.788. The summed E-state index contributed by atoms with van der Waals surface area (Å²) in [6, 6.07) is 16.6. The van der Waals surface area contributed by atoms with Gasteiger partial charge in [0.15, 0.2) is 0 Å². The zero-order valence-electron chi connectivity index (χ0n) is 11.9. The molecule has 0 saturated heterocycles. The first-order valence-electron chi connectivity index (χ1n) is 6.98. The molecule has 102 valence electrons. The molecule has 0 fully saturated rings. The van der Waals surface area contributed by atoms with E-state index in [4.69, 9.17) is 5.73 Å². The molecule has 0 aliphatic heterocycles. The molecular weight excluding hydrogens is 246 g/mol. The maximum Gasteiger partial charge on any atom is 0.0729 e. The van der Waals surface area contributed by atoms with Gasteiger partial charge in [-0.05, 0) is 36.2 Å². The summed E-state index contributed by atoms with van der Waals surface area (Å²) >= 11 is 0. The minimum atomic E-state index is -0.151. The number of nitrogens with zero attached hydrogens (tertiary/aromatic N) is 2. The van der Waals surface area contributed by atoms with E-state index in [-0.39, 0.29) is 6.04 Å². The monoisotopic (exact) mass is 265 g/mol. The molecule has 2 N–H and O–H groups in total. The van der Waals surface area contributed by atoms with Crippen LogP contribution in [-0.4, -0.2) is 9.78 Å². The van der Waals surface area contributed by atoms with Gasteiger partial charge in [-0.25, -0.2) is 0 Å². The Balaban J connectivity index is 2.15. The van der Waals surface area contributed by atoms with Gasteiger partial charge >= 0.3 is 0 Å². The fraction of sp³-hybridized carbons (Fsp3) is 0.235. The lowest BCUT2D eigenvalue weighted by Crippen LogP contribution is -2.17. The molecule has 3 heteroatoms. The van der Waals surface area contributed by atoms with Crippen LogP contribution in [0.3, 0.4) is 0 Å². The van der Waals surface area contributed by atoms with Crippen molar-refractivity contribution in [1.29, 1.82) is 0 Å². The van der Waals surface area contributed by atoms with Gasteiger partial charge in [-0.1, -0.05) is 42.5 Å². The van der Waals surface area contributed by atoms with E-state index < -0.39 is 0 Å². The molecule has 0 amide bonds. The third kappa shape index (κ3) is 2.10. The molecule has 0 bridgehead atoms. The topological polar surface area (TPSA) is 43.8 Å². The van der Waals surface area contributed by atoms with Crippen molar-refractivity contribution >= 4 is 10.8 Å². The Morgan fingerprint density at radius 3 is 2.70 bits per heavy atom. The van der Waals surface area contributed by atoms with E-state index >= 15 is 0 Å². The van der Waals surface area contributed by atoms with Gasteiger partial charge in [-0.3, -0.25) is 4.68 Å². The Bertz CT molecular complexity index is 738. The smallest absolute Gasteiger partial charge is 0.0729 e. The molecule has 1 heterocycles. The van der Waals surface area contributed by atoms with E-state index in [1.165, 1.54) is 10.8 Å². The number of fused-ring (bicyclic) bond motifs is 1. The average Bonchev–Trinajstić information content (AvgIpc) is 2.87. The van der Waals surface area contributed by atoms with Crippen LogP contribution in [0.1, 0.15) is 29.9 Å². The van der Waals surface area contributed by atoms with Crippen molar-refractivity contribution in [2.45, 2.75) is 26.4 Å². The summed E-state index contributed by atoms with van der Waals surface area (Å²) in [7, 11) is 0. The normalized spacial score (nSPS) is 12.8. The summed E-state index contributed by atoms with van der Waals surface area (Å²) in [5, 5.41) is 6.93. The lowest BCUT2D eigenvalue weighted by atomic mass is 9.97. The second-order valence-corrected chi connectivity index (χ2v) is 5.07. The van der Waals surface area contributed by atoms with Crippen LogP contribution in [0.15, 0.2) is 48.5 Å². The standard InChI is InChI=1S/C17H19N3/c1-3-20-16(11-12(2)19-20)17(18)15-10-6-8-13-7-4-5-9-14(13)15/h4-11,17H,3,18H2,1-2H3. The van der Waals surface area contributed by atoms with Crippen molar-refractivity contribution < 1.29 is 0 Å². The molecule has 3 aromatic rings. The summed E-state index contributed by atoms with van der Waals surface area (Å²) in [6.45, 7) is 4.93. The molecule has 1 unspecified atom stereocenters. The number of aryl methyl sites for hydroxylation is 2. The highest BCUT2D eigenvalue weighted by Crippen LogP contribution is 2.27. The van der Waals surface area contributed by atoms with Gasteiger partial charge in [0.25, 0.3) is 0 Å². The summed E-state index contributed by atoms with van der Waals surface area (Å²) in [6.07, 6.45) is 0. The highest BCUT2D eigenvalue weighted by molar-refractivity contribution is 5.86. The summed E-state index contributed by atoms with van der Waals surface area (Å²) < 4.78 is 1.99. The Morgan fingerprint density at radius 1 is 1.15 bits per heavy atom. The maximum absolute atomic E-state index is 6.51. The summed E-state index contributed by atoms with van der Waals surface area (Å²) in [5.41, 5.74) is 9.74. The van der Waals surface area contributed by atoms with Crippen molar-refractivity contribution in [1.82, 2.24) is 9.78 Å². The van der Waals surface area contributed by atoms with Gasteiger partial charge in [0, 0.05) is 6.54 Å². The second kappa shape index (κ2) is 5.10. The predicted molar refractivity (Wildman–Crippen MR) is 82.6 cm³/mol.